The molecule has 1 atom stereocenters. The van der Waals surface area contributed by atoms with Gasteiger partial charge < -0.3 is 20.0 Å². The van der Waals surface area contributed by atoms with Gasteiger partial charge in [-0.3, -0.25) is 9.69 Å². The largest absolute Gasteiger partial charge is 0.439 e. The Labute approximate surface area is 164 Å². The topological polar surface area (TPSA) is 90.7 Å². The van der Waals surface area contributed by atoms with E-state index in [2.05, 4.69) is 41.3 Å². The van der Waals surface area contributed by atoms with Crippen molar-refractivity contribution in [3.8, 4) is 0 Å². The van der Waals surface area contributed by atoms with Crippen LogP contribution in [0.2, 0.25) is 0 Å². The molecule has 2 fully saturated rings. The van der Waals surface area contributed by atoms with Crippen LogP contribution in [0.4, 0.5) is 4.79 Å². The zero-order valence-electron chi connectivity index (χ0n) is 16.6. The van der Waals surface area contributed by atoms with Gasteiger partial charge in [0.05, 0.1) is 6.54 Å². The molecule has 0 bridgehead atoms. The molecule has 2 saturated heterocycles. The molecule has 3 heterocycles. The van der Waals surface area contributed by atoms with E-state index in [4.69, 9.17) is 4.42 Å². The van der Waals surface area contributed by atoms with E-state index in [0.29, 0.717) is 37.7 Å². The molecule has 28 heavy (non-hydrogen) atoms. The molecule has 8 heteroatoms. The Morgan fingerprint density at radius 3 is 2.93 bits per heavy atom. The van der Waals surface area contributed by atoms with Crippen molar-refractivity contribution in [2.24, 2.45) is 0 Å². The average Bonchev–Trinajstić information content (AvgIpc) is 3.07. The Hall–Kier alpha value is -2.61. The van der Waals surface area contributed by atoms with Crippen molar-refractivity contribution >= 4 is 23.0 Å². The minimum Gasteiger partial charge on any atom is -0.439 e. The van der Waals surface area contributed by atoms with E-state index in [0.717, 1.165) is 12.1 Å². The molecule has 2 aliphatic rings. The van der Waals surface area contributed by atoms with Crippen molar-refractivity contribution in [3.05, 3.63) is 29.7 Å². The number of carbonyl (C=O) groups is 2. The number of urea groups is 1. The van der Waals surface area contributed by atoms with Crippen LogP contribution in [-0.2, 0) is 16.8 Å². The molecule has 2 N–H and O–H groups in total. The van der Waals surface area contributed by atoms with Gasteiger partial charge in [0.1, 0.15) is 11.6 Å². The van der Waals surface area contributed by atoms with Crippen molar-refractivity contribution in [2.75, 3.05) is 32.7 Å². The van der Waals surface area contributed by atoms with Crippen molar-refractivity contribution in [1.82, 2.24) is 25.4 Å². The first kappa shape index (κ1) is 18.7. The molecule has 1 unspecified atom stereocenters. The van der Waals surface area contributed by atoms with Crippen molar-refractivity contribution < 1.29 is 14.0 Å². The van der Waals surface area contributed by atoms with E-state index in [1.807, 2.05) is 18.2 Å². The van der Waals surface area contributed by atoms with Gasteiger partial charge in [0, 0.05) is 32.7 Å². The van der Waals surface area contributed by atoms with E-state index in [-0.39, 0.29) is 29.9 Å². The van der Waals surface area contributed by atoms with Crippen molar-refractivity contribution in [3.63, 3.8) is 0 Å². The Bertz CT molecular complexity index is 901. The SMILES string of the molecule is CC(C)(C)c1ccc2oc(CNC(=O)N3CCN4CCNC(=O)C4C3)nc2c1. The first-order chi connectivity index (χ1) is 13.3. The minimum atomic E-state index is -0.256. The maximum Gasteiger partial charge on any atom is 0.317 e. The summed E-state index contributed by atoms with van der Waals surface area (Å²) in [5.41, 5.74) is 2.73. The molecule has 3 amide bonds. The van der Waals surface area contributed by atoms with Gasteiger partial charge in [0.15, 0.2) is 5.58 Å². The summed E-state index contributed by atoms with van der Waals surface area (Å²) in [7, 11) is 0. The van der Waals surface area contributed by atoms with E-state index < -0.39 is 0 Å². The van der Waals surface area contributed by atoms with Gasteiger partial charge in [-0.25, -0.2) is 9.78 Å². The molecule has 4 rings (SSSR count). The first-order valence-corrected chi connectivity index (χ1v) is 9.76. The van der Waals surface area contributed by atoms with Crippen LogP contribution >= 0.6 is 0 Å². The zero-order chi connectivity index (χ0) is 19.9. The van der Waals surface area contributed by atoms with Gasteiger partial charge in [-0.15, -0.1) is 0 Å². The first-order valence-electron chi connectivity index (χ1n) is 9.76. The summed E-state index contributed by atoms with van der Waals surface area (Å²) in [6.45, 7) is 9.92. The predicted molar refractivity (Wildman–Crippen MR) is 105 cm³/mol. The molecule has 8 nitrogen and oxygen atoms in total. The van der Waals surface area contributed by atoms with Gasteiger partial charge in [0.25, 0.3) is 0 Å². The maximum atomic E-state index is 12.5. The van der Waals surface area contributed by atoms with Gasteiger partial charge in [0.2, 0.25) is 11.8 Å². The average molecular weight is 385 g/mol. The molecule has 150 valence electrons. The smallest absolute Gasteiger partial charge is 0.317 e. The number of benzene rings is 1. The molecule has 2 aromatic rings. The van der Waals surface area contributed by atoms with Crippen LogP contribution in [-0.4, -0.2) is 65.5 Å². The molecule has 0 aliphatic carbocycles. The molecule has 0 radical (unpaired) electrons. The number of hydrogen-bond donors (Lipinski definition) is 2. The lowest BCUT2D eigenvalue weighted by atomic mass is 9.87. The number of oxazole rings is 1. The molecule has 2 aliphatic heterocycles. The van der Waals surface area contributed by atoms with E-state index >= 15 is 0 Å². The second kappa shape index (κ2) is 7.09. The van der Waals surface area contributed by atoms with E-state index in [1.165, 1.54) is 5.56 Å². The second-order valence-corrected chi connectivity index (χ2v) is 8.49. The summed E-state index contributed by atoms with van der Waals surface area (Å²) in [6, 6.07) is 5.55. The number of amides is 3. The van der Waals surface area contributed by atoms with Crippen molar-refractivity contribution in [2.45, 2.75) is 38.8 Å². The Kier molecular flexibility index (Phi) is 4.74. The second-order valence-electron chi connectivity index (χ2n) is 8.49. The van der Waals surface area contributed by atoms with Crippen LogP contribution < -0.4 is 10.6 Å². The molecule has 1 aromatic carbocycles. The maximum absolute atomic E-state index is 12.5. The fraction of sp³-hybridized carbons (Fsp3) is 0.550. The number of rotatable bonds is 2. The van der Waals surface area contributed by atoms with Gasteiger partial charge in [-0.2, -0.15) is 0 Å². The lowest BCUT2D eigenvalue weighted by Crippen LogP contribution is -2.65. The van der Waals surface area contributed by atoms with E-state index in [9.17, 15) is 9.59 Å². The standard InChI is InChI=1S/C20H27N5O3/c1-20(2,3)13-4-5-16-14(10-13)23-17(28-16)11-22-19(27)25-9-8-24-7-6-21-18(26)15(24)12-25/h4-5,10,15H,6-9,11-12H2,1-3H3,(H,21,26)(H,22,27). The third-order valence-corrected chi connectivity index (χ3v) is 5.47. The fourth-order valence-electron chi connectivity index (χ4n) is 3.74. The minimum absolute atomic E-state index is 0.00245. The lowest BCUT2D eigenvalue weighted by molar-refractivity contribution is -0.131. The summed E-state index contributed by atoms with van der Waals surface area (Å²) in [6.07, 6.45) is 0. The van der Waals surface area contributed by atoms with Crippen LogP contribution in [0.1, 0.15) is 32.2 Å². The molecule has 1 aromatic heterocycles. The third-order valence-electron chi connectivity index (χ3n) is 5.47. The number of nitrogens with zero attached hydrogens (tertiary/aromatic N) is 3. The summed E-state index contributed by atoms with van der Waals surface area (Å²) in [5, 5.41) is 5.73. The Morgan fingerprint density at radius 2 is 2.14 bits per heavy atom. The number of fused-ring (bicyclic) bond motifs is 2. The third kappa shape index (κ3) is 3.69. The number of piperazine rings is 2. The van der Waals surface area contributed by atoms with Crippen LogP contribution in [0.3, 0.4) is 0 Å². The highest BCUT2D eigenvalue weighted by molar-refractivity contribution is 5.84. The monoisotopic (exact) mass is 385 g/mol. The molecule has 0 spiro atoms. The summed E-state index contributed by atoms with van der Waals surface area (Å²) in [4.78, 5) is 32.9. The number of nitrogens with one attached hydrogen (secondary N) is 2. The quantitative estimate of drug-likeness (QED) is 0.817. The summed E-state index contributed by atoms with van der Waals surface area (Å²) < 4.78 is 5.76. The number of carbonyl (C=O) groups excluding carboxylic acids is 2. The van der Waals surface area contributed by atoms with E-state index in [1.54, 1.807) is 4.90 Å². The Morgan fingerprint density at radius 1 is 1.32 bits per heavy atom. The highest BCUT2D eigenvalue weighted by Gasteiger charge is 2.36. The van der Waals surface area contributed by atoms with Crippen LogP contribution in [0.5, 0.6) is 0 Å². The van der Waals surface area contributed by atoms with Crippen molar-refractivity contribution in [1.29, 1.82) is 0 Å². The molecular weight excluding hydrogens is 358 g/mol. The fourth-order valence-corrected chi connectivity index (χ4v) is 3.74. The highest BCUT2D eigenvalue weighted by Crippen LogP contribution is 2.26. The van der Waals surface area contributed by atoms with Crippen LogP contribution in [0.15, 0.2) is 22.6 Å². The van der Waals surface area contributed by atoms with Gasteiger partial charge in [-0.05, 0) is 23.1 Å². The van der Waals surface area contributed by atoms with Gasteiger partial charge >= 0.3 is 6.03 Å². The Balaban J connectivity index is 1.39. The van der Waals surface area contributed by atoms with Crippen LogP contribution in [0.25, 0.3) is 11.1 Å². The van der Waals surface area contributed by atoms with Gasteiger partial charge in [-0.1, -0.05) is 26.8 Å². The van der Waals surface area contributed by atoms with Crippen LogP contribution in [0, 0.1) is 0 Å². The predicted octanol–water partition coefficient (Wildman–Crippen LogP) is 1.45. The lowest BCUT2D eigenvalue weighted by Gasteiger charge is -2.42. The normalized spacial score (nSPS) is 20.8. The molecule has 0 saturated carbocycles. The number of aromatic nitrogens is 1. The summed E-state index contributed by atoms with van der Waals surface area (Å²) in [5.74, 6) is 0.473. The zero-order valence-corrected chi connectivity index (χ0v) is 16.6. The molecular formula is C20H27N5O3. The summed E-state index contributed by atoms with van der Waals surface area (Å²) >= 11 is 0. The highest BCUT2D eigenvalue weighted by atomic mass is 16.3. The number of hydrogen-bond acceptors (Lipinski definition) is 5.